The van der Waals surface area contributed by atoms with Crippen LogP contribution in [0.15, 0.2) is 47.4 Å². The van der Waals surface area contributed by atoms with E-state index in [1.807, 2.05) is 0 Å². The van der Waals surface area contributed by atoms with E-state index in [2.05, 4.69) is 6.92 Å². The molecule has 0 radical (unpaired) electrons. The van der Waals surface area contributed by atoms with Gasteiger partial charge in [-0.2, -0.15) is 0 Å². The number of carbonyl (C=O) groups is 2. The molecular weight excluding hydrogens is 646 g/mol. The summed E-state index contributed by atoms with van der Waals surface area (Å²) in [7, 11) is -3.28. The standard InChI is InChI=1S/C38H59NO9S/c1-3-4-5-6-7-8-9-10-11-12-13-14-15-16-17-18-24-47-34-27-32(39(30-37(40)41)31-38(42)43)28-35(29-34)48-26-19-25-46-33-20-22-36(23-21-33)49(2,44)45/h20-23,27-29H,3-19,24-26,30-31H2,1-2H3,(H,40,41)(H,42,43). The smallest absolute Gasteiger partial charge is 0.323 e. The van der Waals surface area contributed by atoms with Crippen LogP contribution in [0.1, 0.15) is 116 Å². The van der Waals surface area contributed by atoms with E-state index in [4.69, 9.17) is 14.2 Å². The number of nitrogens with zero attached hydrogens (tertiary/aromatic N) is 1. The van der Waals surface area contributed by atoms with Crippen molar-refractivity contribution in [2.24, 2.45) is 0 Å². The van der Waals surface area contributed by atoms with E-state index in [0.29, 0.717) is 42.6 Å². The number of carboxylic acid groups (broad SMARTS) is 2. The normalized spacial score (nSPS) is 11.3. The minimum Gasteiger partial charge on any atom is -0.493 e. The van der Waals surface area contributed by atoms with E-state index >= 15 is 0 Å². The van der Waals surface area contributed by atoms with Crippen molar-refractivity contribution in [3.8, 4) is 17.2 Å². The number of hydrogen-bond donors (Lipinski definition) is 2. The highest BCUT2D eigenvalue weighted by Gasteiger charge is 2.17. The van der Waals surface area contributed by atoms with E-state index in [0.717, 1.165) is 25.5 Å². The number of hydrogen-bond acceptors (Lipinski definition) is 8. The number of ether oxygens (including phenoxy) is 3. The fourth-order valence-corrected chi connectivity index (χ4v) is 6.16. The minimum absolute atomic E-state index is 0.218. The van der Waals surface area contributed by atoms with Gasteiger partial charge in [-0.25, -0.2) is 8.42 Å². The molecule has 0 aliphatic heterocycles. The zero-order chi connectivity index (χ0) is 35.7. The molecule has 0 amide bonds. The summed E-state index contributed by atoms with van der Waals surface area (Å²) in [5.74, 6) is -0.846. The fraction of sp³-hybridized carbons (Fsp3) is 0.632. The third-order valence-electron chi connectivity index (χ3n) is 8.23. The largest absolute Gasteiger partial charge is 0.493 e. The van der Waals surface area contributed by atoms with E-state index < -0.39 is 34.9 Å². The molecule has 0 bridgehead atoms. The first-order valence-electron chi connectivity index (χ1n) is 18.1. The van der Waals surface area contributed by atoms with Crippen LogP contribution in [0.3, 0.4) is 0 Å². The third kappa shape index (κ3) is 20.0. The molecule has 0 heterocycles. The molecule has 2 rings (SSSR count). The number of sulfone groups is 1. The first kappa shape index (κ1) is 41.7. The van der Waals surface area contributed by atoms with Crippen LogP contribution in [0.4, 0.5) is 5.69 Å². The van der Waals surface area contributed by atoms with Crippen molar-refractivity contribution in [3.63, 3.8) is 0 Å². The fourth-order valence-electron chi connectivity index (χ4n) is 5.53. The van der Waals surface area contributed by atoms with Gasteiger partial charge < -0.3 is 29.3 Å². The Bertz CT molecular complexity index is 1300. The van der Waals surface area contributed by atoms with Crippen molar-refractivity contribution in [1.29, 1.82) is 0 Å². The lowest BCUT2D eigenvalue weighted by atomic mass is 10.0. The molecule has 2 N–H and O–H groups in total. The summed E-state index contributed by atoms with van der Waals surface area (Å²) >= 11 is 0. The number of benzene rings is 2. The summed E-state index contributed by atoms with van der Waals surface area (Å²) in [6, 6.07) is 11.2. The second-order valence-electron chi connectivity index (χ2n) is 12.8. The topological polar surface area (TPSA) is 140 Å². The SMILES string of the molecule is CCCCCCCCCCCCCCCCCCOc1cc(OCCCOc2ccc(S(C)(=O)=O)cc2)cc(N(CC(=O)O)CC(=O)O)c1. The molecule has 2 aromatic carbocycles. The predicted octanol–water partition coefficient (Wildman–Crippen LogP) is 8.55. The van der Waals surface area contributed by atoms with Crippen molar-refractivity contribution in [2.75, 3.05) is 44.1 Å². The van der Waals surface area contributed by atoms with Crippen LogP contribution in [0.2, 0.25) is 0 Å². The molecule has 0 unspecified atom stereocenters. The Morgan fingerprint density at radius 1 is 0.571 bits per heavy atom. The molecule has 0 aliphatic carbocycles. The first-order valence-corrected chi connectivity index (χ1v) is 20.0. The van der Waals surface area contributed by atoms with Gasteiger partial charge in [0.05, 0.1) is 24.7 Å². The van der Waals surface area contributed by atoms with Gasteiger partial charge in [-0.1, -0.05) is 103 Å². The maximum Gasteiger partial charge on any atom is 0.323 e. The number of anilines is 1. The van der Waals surface area contributed by atoms with Gasteiger partial charge >= 0.3 is 11.9 Å². The zero-order valence-corrected chi connectivity index (χ0v) is 30.5. The van der Waals surface area contributed by atoms with Crippen molar-refractivity contribution in [1.82, 2.24) is 0 Å². The Balaban J connectivity index is 1.75. The zero-order valence-electron chi connectivity index (χ0n) is 29.7. The maximum atomic E-state index is 11.6. The lowest BCUT2D eigenvalue weighted by Gasteiger charge is -2.22. The number of rotatable bonds is 30. The minimum atomic E-state index is -3.28. The molecule has 0 aromatic heterocycles. The first-order chi connectivity index (χ1) is 23.6. The average molecular weight is 706 g/mol. The van der Waals surface area contributed by atoms with Crippen molar-refractivity contribution in [2.45, 2.75) is 121 Å². The van der Waals surface area contributed by atoms with Crippen LogP contribution in [0.5, 0.6) is 17.2 Å². The third-order valence-corrected chi connectivity index (χ3v) is 9.36. The van der Waals surface area contributed by atoms with Crippen LogP contribution < -0.4 is 19.1 Å². The predicted molar refractivity (Wildman–Crippen MR) is 194 cm³/mol. The van der Waals surface area contributed by atoms with E-state index in [1.54, 1.807) is 30.3 Å². The molecule has 0 saturated carbocycles. The van der Waals surface area contributed by atoms with Crippen LogP contribution in [-0.2, 0) is 19.4 Å². The monoisotopic (exact) mass is 705 g/mol. The van der Waals surface area contributed by atoms with Crippen molar-refractivity contribution in [3.05, 3.63) is 42.5 Å². The summed E-state index contributed by atoms with van der Waals surface area (Å²) < 4.78 is 40.9. The summed E-state index contributed by atoms with van der Waals surface area (Å²) in [5.41, 5.74) is 0.381. The Hall–Kier alpha value is -3.47. The van der Waals surface area contributed by atoms with Gasteiger partial charge in [-0.3, -0.25) is 9.59 Å². The molecule has 10 nitrogen and oxygen atoms in total. The Morgan fingerprint density at radius 2 is 0.959 bits per heavy atom. The van der Waals surface area contributed by atoms with Crippen LogP contribution in [0.25, 0.3) is 0 Å². The molecule has 0 atom stereocenters. The van der Waals surface area contributed by atoms with Gasteiger partial charge in [-0.15, -0.1) is 0 Å². The Labute approximate surface area is 294 Å². The summed E-state index contributed by atoms with van der Waals surface area (Å²) in [6.07, 6.45) is 22.2. The highest BCUT2D eigenvalue weighted by atomic mass is 32.2. The highest BCUT2D eigenvalue weighted by Crippen LogP contribution is 2.29. The molecule has 276 valence electrons. The highest BCUT2D eigenvalue weighted by molar-refractivity contribution is 7.90. The number of unbranched alkanes of at least 4 members (excludes halogenated alkanes) is 15. The second kappa shape index (κ2) is 24.6. The summed E-state index contributed by atoms with van der Waals surface area (Å²) in [5, 5.41) is 18.7. The van der Waals surface area contributed by atoms with E-state index in [1.165, 1.54) is 101 Å². The lowest BCUT2D eigenvalue weighted by Crippen LogP contribution is -2.34. The number of aliphatic carboxylic acids is 2. The molecule has 11 heteroatoms. The van der Waals surface area contributed by atoms with Gasteiger partial charge in [0.2, 0.25) is 0 Å². The van der Waals surface area contributed by atoms with Gasteiger partial charge in [0, 0.05) is 36.6 Å². The van der Waals surface area contributed by atoms with E-state index in [-0.39, 0.29) is 11.5 Å². The number of carboxylic acids is 2. The maximum absolute atomic E-state index is 11.6. The average Bonchev–Trinajstić information content (AvgIpc) is 3.05. The van der Waals surface area contributed by atoms with E-state index in [9.17, 15) is 28.2 Å². The van der Waals surface area contributed by atoms with Gasteiger partial charge in [0.1, 0.15) is 30.3 Å². The van der Waals surface area contributed by atoms with Crippen LogP contribution >= 0.6 is 0 Å². The van der Waals surface area contributed by atoms with Gasteiger partial charge in [0.25, 0.3) is 0 Å². The van der Waals surface area contributed by atoms with Gasteiger partial charge in [0.15, 0.2) is 9.84 Å². The summed E-state index contributed by atoms with van der Waals surface area (Å²) in [4.78, 5) is 24.4. The quantitative estimate of drug-likeness (QED) is 0.0760. The molecule has 2 aromatic rings. The molecule has 0 spiro atoms. The van der Waals surface area contributed by atoms with Crippen LogP contribution in [0, 0.1) is 0 Å². The lowest BCUT2D eigenvalue weighted by molar-refractivity contribution is -0.136. The summed E-state index contributed by atoms with van der Waals surface area (Å²) in [6.45, 7) is 2.38. The molecule has 0 saturated heterocycles. The molecule has 49 heavy (non-hydrogen) atoms. The van der Waals surface area contributed by atoms with Gasteiger partial charge in [-0.05, 0) is 30.7 Å². The second-order valence-corrected chi connectivity index (χ2v) is 14.8. The Morgan fingerprint density at radius 3 is 1.37 bits per heavy atom. The molecule has 0 aliphatic rings. The molecule has 0 fully saturated rings. The van der Waals surface area contributed by atoms with Crippen molar-refractivity contribution >= 4 is 27.5 Å². The Kier molecular flexibility index (Phi) is 21.0. The van der Waals surface area contributed by atoms with Crippen LogP contribution in [-0.4, -0.2) is 69.7 Å². The van der Waals surface area contributed by atoms with Crippen molar-refractivity contribution < 1.29 is 42.4 Å². The molecular formula is C38H59NO9S.